The van der Waals surface area contributed by atoms with E-state index >= 15 is 0 Å². The Morgan fingerprint density at radius 2 is 1.80 bits per heavy atom. The first kappa shape index (κ1) is 19.8. The third kappa shape index (κ3) is 4.40. The Labute approximate surface area is 173 Å². The number of rotatable bonds is 6. The molecule has 1 aliphatic heterocycles. The Kier molecular flexibility index (Phi) is 5.61. The maximum absolute atomic E-state index is 12.5. The minimum atomic E-state index is -0.434. The normalized spacial score (nSPS) is 13.8. The molecule has 0 unspecified atom stereocenters. The molecule has 0 saturated carbocycles. The summed E-state index contributed by atoms with van der Waals surface area (Å²) in [4.78, 5) is 23.9. The number of hydrogen-bond acceptors (Lipinski definition) is 6. The van der Waals surface area contributed by atoms with Gasteiger partial charge < -0.3 is 23.9 Å². The number of nitrogens with one attached hydrogen (secondary N) is 1. The van der Waals surface area contributed by atoms with Crippen molar-refractivity contribution in [1.29, 1.82) is 0 Å². The largest absolute Gasteiger partial charge is 0.486 e. The molecule has 0 aliphatic carbocycles. The van der Waals surface area contributed by atoms with Crippen LogP contribution in [0.2, 0.25) is 0 Å². The molecule has 156 valence electrons. The van der Waals surface area contributed by atoms with Crippen LogP contribution in [-0.4, -0.2) is 25.7 Å². The third-order valence-corrected chi connectivity index (χ3v) is 4.87. The fourth-order valence-corrected chi connectivity index (χ4v) is 3.38. The number of ether oxygens (including phenoxy) is 3. The molecule has 0 bridgehead atoms. The molecule has 1 N–H and O–H groups in total. The number of carbonyl (C=O) groups is 1. The van der Waals surface area contributed by atoms with Gasteiger partial charge in [0.1, 0.15) is 24.5 Å². The van der Waals surface area contributed by atoms with Gasteiger partial charge in [0.2, 0.25) is 0 Å². The lowest BCUT2D eigenvalue weighted by Gasteiger charge is -2.25. The SMILES string of the molecule is CC(C)[C@@H](NC(=O)COc1ccc2ccc(=O)oc2c1)c1ccc2c(c1)OCCO2. The number of hydrogen-bond donors (Lipinski definition) is 1. The third-order valence-electron chi connectivity index (χ3n) is 4.87. The van der Waals surface area contributed by atoms with E-state index in [9.17, 15) is 9.59 Å². The molecular weight excluding hydrogens is 386 g/mol. The van der Waals surface area contributed by atoms with Crippen LogP contribution in [0.15, 0.2) is 57.7 Å². The summed E-state index contributed by atoms with van der Waals surface area (Å²) in [6.45, 7) is 4.96. The molecule has 2 aromatic carbocycles. The molecule has 1 amide bonds. The average molecular weight is 409 g/mol. The molecule has 1 aliphatic rings. The Morgan fingerprint density at radius 1 is 1.03 bits per heavy atom. The van der Waals surface area contributed by atoms with Crippen LogP contribution in [0.1, 0.15) is 25.5 Å². The fraction of sp³-hybridized carbons (Fsp3) is 0.304. The molecule has 1 aromatic heterocycles. The van der Waals surface area contributed by atoms with Crippen LogP contribution >= 0.6 is 0 Å². The molecule has 30 heavy (non-hydrogen) atoms. The van der Waals surface area contributed by atoms with E-state index in [4.69, 9.17) is 18.6 Å². The number of benzene rings is 2. The monoisotopic (exact) mass is 409 g/mol. The molecule has 2 heterocycles. The van der Waals surface area contributed by atoms with E-state index in [2.05, 4.69) is 5.32 Å². The lowest BCUT2D eigenvalue weighted by atomic mass is 9.95. The summed E-state index contributed by atoms with van der Waals surface area (Å²) in [5, 5.41) is 3.80. The first-order valence-electron chi connectivity index (χ1n) is 9.85. The van der Waals surface area contributed by atoms with E-state index in [1.54, 1.807) is 24.3 Å². The van der Waals surface area contributed by atoms with Gasteiger partial charge in [-0.3, -0.25) is 4.79 Å². The van der Waals surface area contributed by atoms with Crippen LogP contribution in [0.5, 0.6) is 17.2 Å². The van der Waals surface area contributed by atoms with Crippen molar-refractivity contribution in [1.82, 2.24) is 5.32 Å². The first-order chi connectivity index (χ1) is 14.5. The summed E-state index contributed by atoms with van der Waals surface area (Å²) in [7, 11) is 0. The summed E-state index contributed by atoms with van der Waals surface area (Å²) in [5.74, 6) is 1.76. The van der Waals surface area contributed by atoms with Gasteiger partial charge in [-0.15, -0.1) is 0 Å². The van der Waals surface area contributed by atoms with Crippen LogP contribution in [0.25, 0.3) is 11.0 Å². The Morgan fingerprint density at radius 3 is 2.60 bits per heavy atom. The van der Waals surface area contributed by atoms with Gasteiger partial charge in [-0.25, -0.2) is 4.79 Å². The quantitative estimate of drug-likeness (QED) is 0.628. The van der Waals surface area contributed by atoms with Crippen molar-refractivity contribution >= 4 is 16.9 Å². The van der Waals surface area contributed by atoms with Crippen LogP contribution in [0, 0.1) is 5.92 Å². The van der Waals surface area contributed by atoms with Crippen molar-refractivity contribution in [2.24, 2.45) is 5.92 Å². The average Bonchev–Trinajstić information content (AvgIpc) is 2.75. The van der Waals surface area contributed by atoms with Crippen molar-refractivity contribution in [3.8, 4) is 17.2 Å². The second-order valence-corrected chi connectivity index (χ2v) is 7.44. The van der Waals surface area contributed by atoms with Gasteiger partial charge in [0.25, 0.3) is 5.91 Å². The molecule has 0 fully saturated rings. The Hall–Kier alpha value is -3.48. The predicted octanol–water partition coefficient (Wildman–Crippen LogP) is 3.46. The topological polar surface area (TPSA) is 87.0 Å². The molecule has 4 rings (SSSR count). The highest BCUT2D eigenvalue weighted by Crippen LogP contribution is 2.34. The second-order valence-electron chi connectivity index (χ2n) is 7.44. The summed E-state index contributed by atoms with van der Waals surface area (Å²) >= 11 is 0. The zero-order valence-electron chi connectivity index (χ0n) is 16.8. The highest BCUT2D eigenvalue weighted by molar-refractivity contribution is 5.79. The van der Waals surface area contributed by atoms with Gasteiger partial charge in [0.15, 0.2) is 18.1 Å². The summed E-state index contributed by atoms with van der Waals surface area (Å²) < 4.78 is 22.0. The second kappa shape index (κ2) is 8.49. The fourth-order valence-electron chi connectivity index (χ4n) is 3.38. The highest BCUT2D eigenvalue weighted by atomic mass is 16.6. The zero-order chi connectivity index (χ0) is 21.1. The number of carbonyl (C=O) groups excluding carboxylic acids is 1. The molecule has 3 aromatic rings. The van der Waals surface area contributed by atoms with E-state index in [0.717, 1.165) is 10.9 Å². The van der Waals surface area contributed by atoms with Crippen molar-refractivity contribution < 1.29 is 23.4 Å². The van der Waals surface area contributed by atoms with Crippen LogP contribution in [0.3, 0.4) is 0 Å². The molecular formula is C23H23NO6. The van der Waals surface area contributed by atoms with Crippen molar-refractivity contribution in [3.05, 3.63) is 64.5 Å². The summed E-state index contributed by atoms with van der Waals surface area (Å²) in [6, 6.07) is 13.7. The van der Waals surface area contributed by atoms with E-state index in [-0.39, 0.29) is 24.5 Å². The molecule has 7 nitrogen and oxygen atoms in total. The standard InChI is InChI=1S/C23H23NO6/c1-14(2)23(16-4-7-18-20(11-16)28-10-9-27-18)24-21(25)13-29-17-6-3-15-5-8-22(26)30-19(15)12-17/h3-8,11-12,14,23H,9-10,13H2,1-2H3,(H,24,25)/t23-/m1/s1. The molecule has 0 spiro atoms. The summed E-state index contributed by atoms with van der Waals surface area (Å²) in [5.41, 5.74) is 0.920. The lowest BCUT2D eigenvalue weighted by Crippen LogP contribution is -2.35. The predicted molar refractivity (Wildman–Crippen MR) is 111 cm³/mol. The molecule has 0 saturated heterocycles. The van der Waals surface area contributed by atoms with E-state index in [1.807, 2.05) is 32.0 Å². The summed E-state index contributed by atoms with van der Waals surface area (Å²) in [6.07, 6.45) is 0. The Balaban J connectivity index is 1.43. The molecule has 0 radical (unpaired) electrons. The minimum absolute atomic E-state index is 0.156. The lowest BCUT2D eigenvalue weighted by molar-refractivity contribution is -0.124. The van der Waals surface area contributed by atoms with E-state index in [1.165, 1.54) is 6.07 Å². The number of fused-ring (bicyclic) bond motifs is 2. The number of amides is 1. The van der Waals surface area contributed by atoms with Gasteiger partial charge in [0.05, 0.1) is 6.04 Å². The minimum Gasteiger partial charge on any atom is -0.486 e. The van der Waals surface area contributed by atoms with Gasteiger partial charge in [-0.1, -0.05) is 19.9 Å². The Bertz CT molecular complexity index is 1120. The van der Waals surface area contributed by atoms with Crippen molar-refractivity contribution in [2.45, 2.75) is 19.9 Å². The van der Waals surface area contributed by atoms with E-state index in [0.29, 0.717) is 36.0 Å². The van der Waals surface area contributed by atoms with Gasteiger partial charge in [0, 0.05) is 17.5 Å². The maximum atomic E-state index is 12.5. The maximum Gasteiger partial charge on any atom is 0.336 e. The smallest absolute Gasteiger partial charge is 0.336 e. The van der Waals surface area contributed by atoms with Crippen LogP contribution < -0.4 is 25.2 Å². The van der Waals surface area contributed by atoms with Crippen LogP contribution in [0.4, 0.5) is 0 Å². The zero-order valence-corrected chi connectivity index (χ0v) is 16.8. The highest BCUT2D eigenvalue weighted by Gasteiger charge is 2.21. The van der Waals surface area contributed by atoms with E-state index < -0.39 is 5.63 Å². The van der Waals surface area contributed by atoms with Crippen molar-refractivity contribution in [2.75, 3.05) is 19.8 Å². The molecule has 7 heteroatoms. The molecule has 1 atom stereocenters. The van der Waals surface area contributed by atoms with Gasteiger partial charge >= 0.3 is 5.63 Å². The van der Waals surface area contributed by atoms with Gasteiger partial charge in [-0.2, -0.15) is 0 Å². The van der Waals surface area contributed by atoms with Crippen molar-refractivity contribution in [3.63, 3.8) is 0 Å². The van der Waals surface area contributed by atoms with Crippen LogP contribution in [-0.2, 0) is 4.79 Å². The first-order valence-corrected chi connectivity index (χ1v) is 9.85. The van der Waals surface area contributed by atoms with Gasteiger partial charge in [-0.05, 0) is 41.8 Å².